The van der Waals surface area contributed by atoms with E-state index in [0.29, 0.717) is 5.41 Å². The maximum Gasteiger partial charge on any atom is 0.197 e. The fraction of sp³-hybridized carbons (Fsp3) is 0.667. The molecule has 20 heavy (non-hydrogen) atoms. The Balaban J connectivity index is 1.61. The number of ether oxygens (including phenoxy) is 1. The van der Waals surface area contributed by atoms with Crippen molar-refractivity contribution in [3.63, 3.8) is 0 Å². The van der Waals surface area contributed by atoms with Crippen molar-refractivity contribution in [1.82, 2.24) is 19.5 Å². The maximum atomic E-state index is 5.57. The maximum absolute atomic E-state index is 5.57. The van der Waals surface area contributed by atoms with E-state index in [1.807, 2.05) is 6.33 Å². The minimum atomic E-state index is 0.497. The van der Waals surface area contributed by atoms with Crippen molar-refractivity contribution >= 4 is 11.3 Å². The van der Waals surface area contributed by atoms with E-state index < -0.39 is 0 Å². The van der Waals surface area contributed by atoms with Crippen molar-refractivity contribution in [1.29, 1.82) is 0 Å². The molecule has 0 N–H and O–H groups in total. The van der Waals surface area contributed by atoms with E-state index in [-0.39, 0.29) is 0 Å². The molecule has 1 unspecified atom stereocenters. The van der Waals surface area contributed by atoms with Gasteiger partial charge in [0.05, 0.1) is 6.33 Å². The standard InChI is InChI=1S/C15H20N4O/c1-2-12(15(3-1)4-8-20-9-5-15)10-19-11-18-13-14(19)17-7-6-16-13/h6-7,11-12H,1-5,8-10H2. The van der Waals surface area contributed by atoms with Gasteiger partial charge in [0.1, 0.15) is 0 Å². The van der Waals surface area contributed by atoms with Gasteiger partial charge in [-0.2, -0.15) is 0 Å². The molecule has 1 atom stereocenters. The van der Waals surface area contributed by atoms with Crippen LogP contribution in [-0.2, 0) is 11.3 Å². The first-order valence-corrected chi connectivity index (χ1v) is 7.57. The lowest BCUT2D eigenvalue weighted by Crippen LogP contribution is -2.34. The molecule has 4 rings (SSSR count). The van der Waals surface area contributed by atoms with E-state index in [1.165, 1.54) is 32.1 Å². The highest BCUT2D eigenvalue weighted by Crippen LogP contribution is 2.50. The molecular formula is C15H20N4O. The van der Waals surface area contributed by atoms with E-state index in [1.54, 1.807) is 12.4 Å². The molecule has 0 aromatic carbocycles. The number of imidazole rings is 1. The van der Waals surface area contributed by atoms with Gasteiger partial charge in [-0.1, -0.05) is 6.42 Å². The predicted octanol–water partition coefficient (Wildman–Crippen LogP) is 2.42. The molecule has 2 aromatic rings. The first-order chi connectivity index (χ1) is 9.87. The third-order valence-corrected chi connectivity index (χ3v) is 5.25. The van der Waals surface area contributed by atoms with Gasteiger partial charge in [0.25, 0.3) is 0 Å². The minimum absolute atomic E-state index is 0.497. The molecule has 1 aliphatic heterocycles. The summed E-state index contributed by atoms with van der Waals surface area (Å²) in [5.74, 6) is 0.728. The highest BCUT2D eigenvalue weighted by molar-refractivity contribution is 5.64. The fourth-order valence-electron chi connectivity index (χ4n) is 4.10. The molecule has 0 amide bonds. The fourth-order valence-corrected chi connectivity index (χ4v) is 4.10. The number of fused-ring (bicyclic) bond motifs is 1. The Labute approximate surface area is 118 Å². The van der Waals surface area contributed by atoms with Crippen LogP contribution in [0.1, 0.15) is 32.1 Å². The van der Waals surface area contributed by atoms with Crippen LogP contribution in [0.3, 0.4) is 0 Å². The van der Waals surface area contributed by atoms with Crippen molar-refractivity contribution in [3.8, 4) is 0 Å². The van der Waals surface area contributed by atoms with Crippen LogP contribution >= 0.6 is 0 Å². The van der Waals surface area contributed by atoms with Crippen molar-refractivity contribution in [3.05, 3.63) is 18.7 Å². The Morgan fingerprint density at radius 2 is 2.00 bits per heavy atom. The third-order valence-electron chi connectivity index (χ3n) is 5.25. The summed E-state index contributed by atoms with van der Waals surface area (Å²) < 4.78 is 7.76. The number of nitrogens with zero attached hydrogens (tertiary/aromatic N) is 4. The molecule has 106 valence electrons. The molecule has 1 saturated heterocycles. The second kappa shape index (κ2) is 4.81. The molecule has 1 saturated carbocycles. The van der Waals surface area contributed by atoms with Crippen LogP contribution in [-0.4, -0.2) is 32.7 Å². The monoisotopic (exact) mass is 272 g/mol. The molecule has 0 bridgehead atoms. The van der Waals surface area contributed by atoms with Crippen molar-refractivity contribution in [2.75, 3.05) is 13.2 Å². The van der Waals surface area contributed by atoms with Crippen LogP contribution in [0.5, 0.6) is 0 Å². The largest absolute Gasteiger partial charge is 0.381 e. The summed E-state index contributed by atoms with van der Waals surface area (Å²) in [6.07, 6.45) is 11.8. The summed E-state index contributed by atoms with van der Waals surface area (Å²) in [5.41, 5.74) is 2.17. The predicted molar refractivity (Wildman–Crippen MR) is 75.2 cm³/mol. The molecule has 1 aliphatic carbocycles. The number of aromatic nitrogens is 4. The van der Waals surface area contributed by atoms with E-state index in [0.717, 1.165) is 37.0 Å². The Kier molecular flexibility index (Phi) is 2.95. The first-order valence-electron chi connectivity index (χ1n) is 7.57. The molecule has 5 heteroatoms. The van der Waals surface area contributed by atoms with Gasteiger partial charge in [0.15, 0.2) is 11.3 Å². The van der Waals surface area contributed by atoms with Crippen LogP contribution in [0.25, 0.3) is 11.3 Å². The molecular weight excluding hydrogens is 252 g/mol. The van der Waals surface area contributed by atoms with Crippen LogP contribution in [0, 0.1) is 11.3 Å². The average molecular weight is 272 g/mol. The molecule has 2 aliphatic rings. The highest BCUT2D eigenvalue weighted by atomic mass is 16.5. The second-order valence-corrected chi connectivity index (χ2v) is 6.16. The Morgan fingerprint density at radius 1 is 1.15 bits per heavy atom. The number of hydrogen-bond donors (Lipinski definition) is 0. The Bertz CT molecular complexity index is 603. The van der Waals surface area contributed by atoms with E-state index in [9.17, 15) is 0 Å². The Hall–Kier alpha value is -1.49. The summed E-state index contributed by atoms with van der Waals surface area (Å²) in [6.45, 7) is 2.89. The molecule has 5 nitrogen and oxygen atoms in total. The summed E-state index contributed by atoms with van der Waals surface area (Å²) in [6, 6.07) is 0. The summed E-state index contributed by atoms with van der Waals surface area (Å²) >= 11 is 0. The molecule has 3 heterocycles. The second-order valence-electron chi connectivity index (χ2n) is 6.16. The van der Waals surface area contributed by atoms with E-state index >= 15 is 0 Å². The van der Waals surface area contributed by atoms with Crippen LogP contribution < -0.4 is 0 Å². The summed E-state index contributed by atoms with van der Waals surface area (Å²) in [4.78, 5) is 13.1. The zero-order valence-electron chi connectivity index (χ0n) is 11.7. The van der Waals surface area contributed by atoms with Crippen molar-refractivity contribution < 1.29 is 4.74 Å². The molecule has 2 fully saturated rings. The molecule has 1 spiro atoms. The van der Waals surface area contributed by atoms with E-state index in [4.69, 9.17) is 4.74 Å². The topological polar surface area (TPSA) is 52.8 Å². The van der Waals surface area contributed by atoms with Gasteiger partial charge in [-0.25, -0.2) is 15.0 Å². The van der Waals surface area contributed by atoms with Gasteiger partial charge < -0.3 is 9.30 Å². The smallest absolute Gasteiger partial charge is 0.197 e. The normalized spacial score (nSPS) is 25.5. The molecule has 0 radical (unpaired) electrons. The van der Waals surface area contributed by atoms with Crippen molar-refractivity contribution in [2.45, 2.75) is 38.6 Å². The lowest BCUT2D eigenvalue weighted by molar-refractivity contribution is -0.00937. The number of rotatable bonds is 2. The highest BCUT2D eigenvalue weighted by Gasteiger charge is 2.43. The van der Waals surface area contributed by atoms with E-state index in [2.05, 4.69) is 19.5 Å². The lowest BCUT2D eigenvalue weighted by Gasteiger charge is -2.39. The van der Waals surface area contributed by atoms with Crippen molar-refractivity contribution in [2.24, 2.45) is 11.3 Å². The SMILES string of the molecule is c1cnc2c(n1)ncn2CC1CCCC12CCOCC2. The minimum Gasteiger partial charge on any atom is -0.381 e. The van der Waals surface area contributed by atoms with Gasteiger partial charge in [0, 0.05) is 32.2 Å². The summed E-state index contributed by atoms with van der Waals surface area (Å²) in [5, 5.41) is 0. The average Bonchev–Trinajstić information content (AvgIpc) is 3.07. The van der Waals surface area contributed by atoms with Crippen LogP contribution in [0.15, 0.2) is 18.7 Å². The zero-order chi connectivity index (χ0) is 13.4. The number of hydrogen-bond acceptors (Lipinski definition) is 4. The zero-order valence-corrected chi connectivity index (χ0v) is 11.7. The van der Waals surface area contributed by atoms with Gasteiger partial charge >= 0.3 is 0 Å². The lowest BCUT2D eigenvalue weighted by atomic mass is 9.72. The van der Waals surface area contributed by atoms with Gasteiger partial charge in [-0.05, 0) is 37.0 Å². The van der Waals surface area contributed by atoms with Crippen LogP contribution in [0.2, 0.25) is 0 Å². The molecule has 2 aromatic heterocycles. The Morgan fingerprint density at radius 3 is 2.90 bits per heavy atom. The third kappa shape index (κ3) is 1.92. The van der Waals surface area contributed by atoms with Gasteiger partial charge in [0.2, 0.25) is 0 Å². The first kappa shape index (κ1) is 12.3. The quantitative estimate of drug-likeness (QED) is 0.842. The summed E-state index contributed by atoms with van der Waals surface area (Å²) in [7, 11) is 0. The van der Waals surface area contributed by atoms with Gasteiger partial charge in [-0.15, -0.1) is 0 Å². The van der Waals surface area contributed by atoms with Crippen LogP contribution in [0.4, 0.5) is 0 Å². The van der Waals surface area contributed by atoms with Gasteiger partial charge in [-0.3, -0.25) is 0 Å².